The maximum atomic E-state index is 12.6. The smallest absolute Gasteiger partial charge is 0.278 e. The first kappa shape index (κ1) is 18.9. The highest BCUT2D eigenvalue weighted by Crippen LogP contribution is 2.24. The molecule has 1 N–H and O–H groups in total. The number of rotatable bonds is 5. The number of benzene rings is 2. The summed E-state index contributed by atoms with van der Waals surface area (Å²) in [7, 11) is 0. The first-order chi connectivity index (χ1) is 14.0. The molecule has 2 aromatic carbocycles. The molecule has 29 heavy (non-hydrogen) atoms. The molecule has 0 bridgehead atoms. The Morgan fingerprint density at radius 1 is 1.21 bits per heavy atom. The van der Waals surface area contributed by atoms with E-state index in [0.29, 0.717) is 17.4 Å². The van der Waals surface area contributed by atoms with Gasteiger partial charge in [-0.3, -0.25) is 9.59 Å². The summed E-state index contributed by atoms with van der Waals surface area (Å²) >= 11 is 1.59. The zero-order valence-corrected chi connectivity index (χ0v) is 16.8. The lowest BCUT2D eigenvalue weighted by Crippen LogP contribution is -2.37. The Kier molecular flexibility index (Phi) is 5.18. The van der Waals surface area contributed by atoms with Crippen LogP contribution in [0.2, 0.25) is 0 Å². The summed E-state index contributed by atoms with van der Waals surface area (Å²) in [4.78, 5) is 29.7. The van der Waals surface area contributed by atoms with Gasteiger partial charge in [0, 0.05) is 23.2 Å². The molecule has 0 radical (unpaired) electrons. The number of carbonyl (C=O) groups excluding carboxylic acids is 1. The van der Waals surface area contributed by atoms with E-state index in [9.17, 15) is 9.59 Å². The van der Waals surface area contributed by atoms with Crippen molar-refractivity contribution < 1.29 is 4.79 Å². The van der Waals surface area contributed by atoms with Gasteiger partial charge in [-0.1, -0.05) is 35.5 Å². The lowest BCUT2D eigenvalue weighted by atomic mass is 10.1. The van der Waals surface area contributed by atoms with Crippen LogP contribution in [0.3, 0.4) is 0 Å². The van der Waals surface area contributed by atoms with Gasteiger partial charge in [0.1, 0.15) is 16.6 Å². The van der Waals surface area contributed by atoms with Crippen LogP contribution >= 0.6 is 11.3 Å². The number of carbonyl (C=O) groups is 1. The summed E-state index contributed by atoms with van der Waals surface area (Å²) in [6.07, 6.45) is 0. The number of thiazole rings is 1. The van der Waals surface area contributed by atoms with Gasteiger partial charge < -0.3 is 5.32 Å². The summed E-state index contributed by atoms with van der Waals surface area (Å²) in [5.41, 5.74) is 3.13. The Bertz CT molecular complexity index is 1250. The average molecular weight is 405 g/mol. The van der Waals surface area contributed by atoms with E-state index in [-0.39, 0.29) is 11.5 Å². The second-order valence-electron chi connectivity index (χ2n) is 6.74. The third kappa shape index (κ3) is 3.93. The fourth-order valence-corrected chi connectivity index (χ4v) is 3.80. The fourth-order valence-electron chi connectivity index (χ4n) is 3.00. The van der Waals surface area contributed by atoms with E-state index in [1.807, 2.05) is 36.6 Å². The molecule has 0 aliphatic carbocycles. The summed E-state index contributed by atoms with van der Waals surface area (Å²) in [5.74, 6) is -0.299. The largest absolute Gasteiger partial charge is 0.350 e. The van der Waals surface area contributed by atoms with Crippen molar-refractivity contribution in [2.24, 2.45) is 0 Å². The van der Waals surface area contributed by atoms with E-state index in [0.717, 1.165) is 26.5 Å². The predicted octanol–water partition coefficient (Wildman–Crippen LogP) is 3.10. The molecule has 4 rings (SSSR count). The van der Waals surface area contributed by atoms with E-state index in [4.69, 9.17) is 0 Å². The minimum absolute atomic E-state index is 0.299. The maximum Gasteiger partial charge on any atom is 0.278 e. The number of amides is 1. The minimum Gasteiger partial charge on any atom is -0.350 e. The Hall–Kier alpha value is -3.39. The van der Waals surface area contributed by atoms with E-state index >= 15 is 0 Å². The number of aryl methyl sites for hydroxylation is 1. The van der Waals surface area contributed by atoms with Gasteiger partial charge in [-0.25, -0.2) is 4.98 Å². The van der Waals surface area contributed by atoms with Crippen LogP contribution in [0.4, 0.5) is 0 Å². The van der Waals surface area contributed by atoms with E-state index in [2.05, 4.69) is 20.6 Å². The topological polar surface area (TPSA) is 89.8 Å². The van der Waals surface area contributed by atoms with Crippen LogP contribution in [0.1, 0.15) is 24.2 Å². The highest BCUT2D eigenvalue weighted by Gasteiger charge is 2.19. The van der Waals surface area contributed by atoms with Gasteiger partial charge >= 0.3 is 0 Å². The molecular weight excluding hydrogens is 386 g/mol. The lowest BCUT2D eigenvalue weighted by molar-refractivity contribution is -0.124. The van der Waals surface area contributed by atoms with Crippen molar-refractivity contribution in [2.75, 3.05) is 0 Å². The molecule has 0 fully saturated rings. The molecule has 0 aliphatic heterocycles. The van der Waals surface area contributed by atoms with E-state index in [1.165, 1.54) is 0 Å². The molecule has 1 amide bonds. The maximum absolute atomic E-state index is 12.6. The quantitative estimate of drug-likeness (QED) is 0.551. The highest BCUT2D eigenvalue weighted by molar-refractivity contribution is 7.13. The Balaban J connectivity index is 1.49. The third-order valence-electron chi connectivity index (χ3n) is 4.60. The molecule has 7 nitrogen and oxygen atoms in total. The molecule has 1 atom stereocenters. The first-order valence-electron chi connectivity index (χ1n) is 9.16. The molecule has 1 unspecified atom stereocenters. The van der Waals surface area contributed by atoms with Gasteiger partial charge in [0.2, 0.25) is 5.91 Å². The number of aromatic nitrogens is 4. The number of hydrogen-bond acceptors (Lipinski definition) is 6. The van der Waals surface area contributed by atoms with Gasteiger partial charge in [-0.05, 0) is 37.6 Å². The Morgan fingerprint density at radius 3 is 2.83 bits per heavy atom. The van der Waals surface area contributed by atoms with Crippen molar-refractivity contribution in [3.8, 4) is 10.6 Å². The van der Waals surface area contributed by atoms with Crippen molar-refractivity contribution in [3.05, 3.63) is 75.5 Å². The number of fused-ring (bicyclic) bond motifs is 1. The average Bonchev–Trinajstić information content (AvgIpc) is 3.18. The van der Waals surface area contributed by atoms with Crippen LogP contribution < -0.4 is 10.9 Å². The molecule has 2 aromatic heterocycles. The molecule has 0 aliphatic rings. The molecule has 146 valence electrons. The van der Waals surface area contributed by atoms with Gasteiger partial charge in [0.05, 0.1) is 5.39 Å². The summed E-state index contributed by atoms with van der Waals surface area (Å²) in [6, 6.07) is 14.1. The highest BCUT2D eigenvalue weighted by atomic mass is 32.1. The number of nitrogens with zero attached hydrogens (tertiary/aromatic N) is 4. The molecule has 8 heteroatoms. The Labute approximate surface area is 171 Å². The van der Waals surface area contributed by atoms with Crippen molar-refractivity contribution in [2.45, 2.75) is 26.4 Å². The third-order valence-corrected chi connectivity index (χ3v) is 5.61. The normalized spacial score (nSPS) is 12.1. The van der Waals surface area contributed by atoms with Crippen LogP contribution in [-0.2, 0) is 11.3 Å². The Morgan fingerprint density at radius 2 is 2.03 bits per heavy atom. The van der Waals surface area contributed by atoms with Crippen molar-refractivity contribution in [1.82, 2.24) is 25.3 Å². The van der Waals surface area contributed by atoms with Crippen LogP contribution in [0.5, 0.6) is 0 Å². The zero-order valence-electron chi connectivity index (χ0n) is 16.0. The molecule has 4 aromatic rings. The van der Waals surface area contributed by atoms with Crippen LogP contribution in [0.25, 0.3) is 21.5 Å². The van der Waals surface area contributed by atoms with Crippen LogP contribution in [0, 0.1) is 6.92 Å². The molecule has 0 saturated carbocycles. The van der Waals surface area contributed by atoms with Gasteiger partial charge in [0.15, 0.2) is 0 Å². The fraction of sp³-hybridized carbons (Fsp3) is 0.190. The minimum atomic E-state index is -0.774. The standard InChI is InChI=1S/C21H19N5O2S/c1-13-12-29-20(23-13)16-7-5-6-15(10-16)11-22-19(27)14(2)26-21(28)17-8-3-4-9-18(17)24-25-26/h3-10,12,14H,11H2,1-2H3,(H,22,27). The van der Waals surface area contributed by atoms with Gasteiger partial charge in [-0.15, -0.1) is 16.4 Å². The SMILES string of the molecule is Cc1csc(-c2cccc(CNC(=O)C(C)n3nnc4ccccc4c3=O)c2)n1. The molecule has 2 heterocycles. The molecular formula is C21H19N5O2S. The zero-order chi connectivity index (χ0) is 20.4. The second-order valence-corrected chi connectivity index (χ2v) is 7.60. The van der Waals surface area contributed by atoms with Gasteiger partial charge in [-0.2, -0.15) is 4.68 Å². The molecule has 0 saturated heterocycles. The second kappa shape index (κ2) is 7.92. The van der Waals surface area contributed by atoms with Crippen LogP contribution in [0.15, 0.2) is 58.7 Å². The van der Waals surface area contributed by atoms with E-state index in [1.54, 1.807) is 42.5 Å². The first-order valence-corrected chi connectivity index (χ1v) is 10.0. The van der Waals surface area contributed by atoms with E-state index < -0.39 is 6.04 Å². The van der Waals surface area contributed by atoms with Crippen molar-refractivity contribution in [1.29, 1.82) is 0 Å². The number of hydrogen-bond donors (Lipinski definition) is 1. The lowest BCUT2D eigenvalue weighted by Gasteiger charge is -2.14. The van der Waals surface area contributed by atoms with Crippen molar-refractivity contribution in [3.63, 3.8) is 0 Å². The van der Waals surface area contributed by atoms with Gasteiger partial charge in [0.25, 0.3) is 5.56 Å². The summed E-state index contributed by atoms with van der Waals surface area (Å²) < 4.78 is 1.12. The number of nitrogens with one attached hydrogen (secondary N) is 1. The summed E-state index contributed by atoms with van der Waals surface area (Å²) in [6.45, 7) is 3.94. The van der Waals surface area contributed by atoms with Crippen molar-refractivity contribution >= 4 is 28.1 Å². The summed E-state index contributed by atoms with van der Waals surface area (Å²) in [5, 5.41) is 14.2. The van der Waals surface area contributed by atoms with Crippen LogP contribution in [-0.4, -0.2) is 25.9 Å². The monoisotopic (exact) mass is 405 g/mol. The molecule has 0 spiro atoms. The predicted molar refractivity (Wildman–Crippen MR) is 113 cm³/mol.